The predicted octanol–water partition coefficient (Wildman–Crippen LogP) is 2.72. The molecule has 0 saturated heterocycles. The van der Waals surface area contributed by atoms with Gasteiger partial charge in [0.05, 0.1) is 18.5 Å². The number of aliphatic hydroxyl groups excluding tert-OH is 1. The third-order valence-electron chi connectivity index (χ3n) is 3.65. The van der Waals surface area contributed by atoms with E-state index in [1.54, 1.807) is 13.3 Å². The van der Waals surface area contributed by atoms with E-state index in [2.05, 4.69) is 21.9 Å². The van der Waals surface area contributed by atoms with E-state index in [0.29, 0.717) is 17.0 Å². The number of unbranched alkanes of at least 4 members (excludes halogenated alkanes) is 3. The van der Waals surface area contributed by atoms with Crippen molar-refractivity contribution in [2.24, 2.45) is 0 Å². The molecule has 21 heavy (non-hydrogen) atoms. The number of hydrogen-bond donors (Lipinski definition) is 2. The molecule has 0 aliphatic heterocycles. The van der Waals surface area contributed by atoms with Gasteiger partial charge in [-0.05, 0) is 13.3 Å². The van der Waals surface area contributed by atoms with Gasteiger partial charge in [-0.3, -0.25) is 0 Å². The average molecular weight is 314 g/mol. The van der Waals surface area contributed by atoms with Crippen LogP contribution in [0.3, 0.4) is 0 Å². The highest BCUT2D eigenvalue weighted by Crippen LogP contribution is 2.25. The zero-order valence-electron chi connectivity index (χ0n) is 12.6. The minimum absolute atomic E-state index is 0. The van der Waals surface area contributed by atoms with Crippen molar-refractivity contribution in [3.8, 4) is 0 Å². The summed E-state index contributed by atoms with van der Waals surface area (Å²) in [6, 6.07) is -0.0221. The standard InChI is InChI=1S/C14H23N5O.ClH/c1-3-4-5-6-7-11(10(2)20)19-9-18-12-13(15)16-8-17-14(12)19;/h8-11,20H,3-7H2,1-2H3,(H2,15,16,17);1H/t10-,11?;/m1./s1. The lowest BCUT2D eigenvalue weighted by atomic mass is 10.0. The maximum absolute atomic E-state index is 10.0. The van der Waals surface area contributed by atoms with E-state index in [0.717, 1.165) is 12.8 Å². The van der Waals surface area contributed by atoms with Crippen LogP contribution in [-0.4, -0.2) is 30.7 Å². The summed E-state index contributed by atoms with van der Waals surface area (Å²) in [6.45, 7) is 4.00. The first-order valence-corrected chi connectivity index (χ1v) is 7.26. The van der Waals surface area contributed by atoms with Crippen molar-refractivity contribution in [3.63, 3.8) is 0 Å². The summed E-state index contributed by atoms with van der Waals surface area (Å²) in [5.74, 6) is 0.379. The molecule has 0 fully saturated rings. The first-order chi connectivity index (χ1) is 9.65. The van der Waals surface area contributed by atoms with Crippen molar-refractivity contribution < 1.29 is 5.11 Å². The molecule has 1 unspecified atom stereocenters. The molecule has 2 atom stereocenters. The van der Waals surface area contributed by atoms with Crippen molar-refractivity contribution in [1.82, 2.24) is 19.5 Å². The van der Waals surface area contributed by atoms with E-state index in [-0.39, 0.29) is 18.4 Å². The van der Waals surface area contributed by atoms with Crippen LogP contribution in [0, 0.1) is 0 Å². The van der Waals surface area contributed by atoms with Gasteiger partial charge in [-0.25, -0.2) is 15.0 Å². The highest BCUT2D eigenvalue weighted by atomic mass is 35.5. The van der Waals surface area contributed by atoms with Gasteiger partial charge in [0.15, 0.2) is 11.5 Å². The highest BCUT2D eigenvalue weighted by molar-refractivity contribution is 5.85. The average Bonchev–Trinajstić information content (AvgIpc) is 2.84. The minimum Gasteiger partial charge on any atom is -0.391 e. The molecule has 0 bridgehead atoms. The van der Waals surface area contributed by atoms with Crippen LogP contribution in [0.1, 0.15) is 52.0 Å². The van der Waals surface area contributed by atoms with Crippen molar-refractivity contribution in [3.05, 3.63) is 12.7 Å². The largest absolute Gasteiger partial charge is 0.391 e. The first-order valence-electron chi connectivity index (χ1n) is 7.26. The van der Waals surface area contributed by atoms with Crippen LogP contribution in [0.15, 0.2) is 12.7 Å². The van der Waals surface area contributed by atoms with Crippen LogP contribution < -0.4 is 5.73 Å². The van der Waals surface area contributed by atoms with Gasteiger partial charge in [0, 0.05) is 0 Å². The zero-order chi connectivity index (χ0) is 14.5. The quantitative estimate of drug-likeness (QED) is 0.767. The van der Waals surface area contributed by atoms with Crippen molar-refractivity contribution in [1.29, 1.82) is 0 Å². The third kappa shape index (κ3) is 4.04. The van der Waals surface area contributed by atoms with Crippen LogP contribution in [0.4, 0.5) is 5.82 Å². The Hall–Kier alpha value is -1.40. The Morgan fingerprint density at radius 2 is 2.00 bits per heavy atom. The summed E-state index contributed by atoms with van der Waals surface area (Å²) < 4.78 is 1.92. The maximum atomic E-state index is 10.0. The third-order valence-corrected chi connectivity index (χ3v) is 3.65. The van der Waals surface area contributed by atoms with Gasteiger partial charge in [-0.1, -0.05) is 32.6 Å². The number of nitrogens with zero attached hydrogens (tertiary/aromatic N) is 4. The number of fused-ring (bicyclic) bond motifs is 1. The Bertz CT molecular complexity index is 557. The van der Waals surface area contributed by atoms with Crippen molar-refractivity contribution >= 4 is 29.4 Å². The van der Waals surface area contributed by atoms with E-state index >= 15 is 0 Å². The molecule has 0 spiro atoms. The highest BCUT2D eigenvalue weighted by Gasteiger charge is 2.20. The van der Waals surface area contributed by atoms with Gasteiger partial charge in [-0.15, -0.1) is 12.4 Å². The van der Waals surface area contributed by atoms with Gasteiger partial charge in [0.2, 0.25) is 0 Å². The Kier molecular flexibility index (Phi) is 6.84. The number of aliphatic hydroxyl groups is 1. The fraction of sp³-hybridized carbons (Fsp3) is 0.643. The van der Waals surface area contributed by atoms with Gasteiger partial charge in [0.25, 0.3) is 0 Å². The molecule has 7 heteroatoms. The maximum Gasteiger partial charge on any atom is 0.165 e. The van der Waals surface area contributed by atoms with E-state index < -0.39 is 6.10 Å². The van der Waals surface area contributed by atoms with Gasteiger partial charge in [-0.2, -0.15) is 0 Å². The lowest BCUT2D eigenvalue weighted by Crippen LogP contribution is -2.21. The normalized spacial score (nSPS) is 13.9. The van der Waals surface area contributed by atoms with Gasteiger partial charge >= 0.3 is 0 Å². The number of halogens is 1. The summed E-state index contributed by atoms with van der Waals surface area (Å²) in [6.07, 6.45) is 8.30. The monoisotopic (exact) mass is 313 g/mol. The number of nitrogen functional groups attached to an aromatic ring is 1. The topological polar surface area (TPSA) is 89.8 Å². The number of hydrogen-bond acceptors (Lipinski definition) is 5. The Morgan fingerprint density at radius 1 is 1.24 bits per heavy atom. The van der Waals surface area contributed by atoms with E-state index in [1.165, 1.54) is 25.6 Å². The molecule has 0 radical (unpaired) electrons. The van der Waals surface area contributed by atoms with E-state index in [4.69, 9.17) is 5.73 Å². The molecule has 2 rings (SSSR count). The molecule has 3 N–H and O–H groups in total. The molecule has 0 amide bonds. The van der Waals surface area contributed by atoms with Crippen LogP contribution >= 0.6 is 12.4 Å². The van der Waals surface area contributed by atoms with Gasteiger partial charge < -0.3 is 15.4 Å². The molecule has 118 valence electrons. The lowest BCUT2D eigenvalue weighted by molar-refractivity contribution is 0.124. The van der Waals surface area contributed by atoms with Crippen molar-refractivity contribution in [2.45, 2.75) is 58.1 Å². The summed E-state index contributed by atoms with van der Waals surface area (Å²) in [5, 5.41) is 10.0. The second kappa shape index (κ2) is 8.14. The molecule has 6 nitrogen and oxygen atoms in total. The minimum atomic E-state index is -0.454. The Labute approximate surface area is 131 Å². The second-order valence-electron chi connectivity index (χ2n) is 5.24. The van der Waals surface area contributed by atoms with Crippen LogP contribution in [0.2, 0.25) is 0 Å². The Morgan fingerprint density at radius 3 is 2.67 bits per heavy atom. The van der Waals surface area contributed by atoms with E-state index in [1.807, 2.05) is 4.57 Å². The number of nitrogens with two attached hydrogens (primary N) is 1. The molecule has 0 aliphatic carbocycles. The zero-order valence-corrected chi connectivity index (χ0v) is 13.4. The molecule has 0 saturated carbocycles. The predicted molar refractivity (Wildman–Crippen MR) is 86.5 cm³/mol. The smallest absolute Gasteiger partial charge is 0.165 e. The molecule has 0 aromatic carbocycles. The number of rotatable bonds is 7. The molecular formula is C14H24ClN5O. The number of anilines is 1. The first kappa shape index (κ1) is 17.7. The van der Waals surface area contributed by atoms with Crippen LogP contribution in [0.25, 0.3) is 11.2 Å². The summed E-state index contributed by atoms with van der Waals surface area (Å²) in [4.78, 5) is 12.5. The molecule has 2 aromatic rings. The number of aromatic nitrogens is 4. The van der Waals surface area contributed by atoms with Crippen LogP contribution in [0.5, 0.6) is 0 Å². The van der Waals surface area contributed by atoms with Crippen LogP contribution in [-0.2, 0) is 0 Å². The lowest BCUT2D eigenvalue weighted by Gasteiger charge is -2.21. The fourth-order valence-corrected chi connectivity index (χ4v) is 2.51. The fourth-order valence-electron chi connectivity index (χ4n) is 2.51. The van der Waals surface area contributed by atoms with Crippen molar-refractivity contribution in [2.75, 3.05) is 5.73 Å². The summed E-state index contributed by atoms with van der Waals surface area (Å²) in [5.41, 5.74) is 7.09. The molecular weight excluding hydrogens is 290 g/mol. The molecule has 2 aromatic heterocycles. The molecule has 0 aliphatic rings. The second-order valence-corrected chi connectivity index (χ2v) is 5.24. The SMILES string of the molecule is CCCCCCC([C@@H](C)O)n1cnc2c(N)ncnc21.Cl. The van der Waals surface area contributed by atoms with E-state index in [9.17, 15) is 5.11 Å². The van der Waals surface area contributed by atoms with Gasteiger partial charge in [0.1, 0.15) is 11.8 Å². The number of imidazole rings is 1. The summed E-state index contributed by atoms with van der Waals surface area (Å²) >= 11 is 0. The Balaban J connectivity index is 0.00000220. The molecule has 2 heterocycles. The summed E-state index contributed by atoms with van der Waals surface area (Å²) in [7, 11) is 0.